The summed E-state index contributed by atoms with van der Waals surface area (Å²) in [6, 6.07) is 30.5. The van der Waals surface area contributed by atoms with Crippen LogP contribution < -0.4 is 15.4 Å². The van der Waals surface area contributed by atoms with Gasteiger partial charge in [0.2, 0.25) is 5.89 Å². The van der Waals surface area contributed by atoms with Crippen LogP contribution in [0.4, 0.5) is 5.69 Å². The molecule has 38 heavy (non-hydrogen) atoms. The standard InChI is InChI=1S/C31H27N3O3S/c1-20(2)23-13-16-28-27(18-23)33-30(37-28)24-9-6-10-25(17-24)32-31(38)34-29(35)22-11-14-26(15-12-22)36-19-21-7-4-3-5-8-21/h3-18,20H,19H2,1-2H3,(H2,32,34,35,38). The molecule has 0 aliphatic rings. The molecule has 0 aliphatic carbocycles. The van der Waals surface area contributed by atoms with E-state index in [0.29, 0.717) is 35.4 Å². The second-order valence-corrected chi connectivity index (χ2v) is 9.60. The van der Waals surface area contributed by atoms with Crippen molar-refractivity contribution in [3.05, 3.63) is 114 Å². The molecule has 1 heterocycles. The lowest BCUT2D eigenvalue weighted by Crippen LogP contribution is -2.34. The molecule has 7 heteroatoms. The Morgan fingerprint density at radius 3 is 2.50 bits per heavy atom. The molecule has 0 radical (unpaired) electrons. The van der Waals surface area contributed by atoms with E-state index in [0.717, 1.165) is 22.2 Å². The third-order valence-electron chi connectivity index (χ3n) is 6.04. The van der Waals surface area contributed by atoms with Crippen LogP contribution in [0.3, 0.4) is 0 Å². The molecule has 0 unspecified atom stereocenters. The summed E-state index contributed by atoms with van der Waals surface area (Å²) in [4.78, 5) is 17.4. The van der Waals surface area contributed by atoms with Crippen molar-refractivity contribution in [2.45, 2.75) is 26.4 Å². The lowest BCUT2D eigenvalue weighted by Gasteiger charge is -2.11. The third-order valence-corrected chi connectivity index (χ3v) is 6.24. The first-order chi connectivity index (χ1) is 18.4. The van der Waals surface area contributed by atoms with E-state index >= 15 is 0 Å². The molecular formula is C31H27N3O3S. The van der Waals surface area contributed by atoms with Gasteiger partial charge in [0.15, 0.2) is 10.7 Å². The van der Waals surface area contributed by atoms with Gasteiger partial charge in [-0.2, -0.15) is 0 Å². The highest BCUT2D eigenvalue weighted by atomic mass is 32.1. The summed E-state index contributed by atoms with van der Waals surface area (Å²) in [5.41, 5.74) is 5.84. The number of aromatic nitrogens is 1. The molecule has 4 aromatic carbocycles. The van der Waals surface area contributed by atoms with Crippen LogP contribution in [0.15, 0.2) is 101 Å². The van der Waals surface area contributed by atoms with Gasteiger partial charge in [-0.3, -0.25) is 10.1 Å². The summed E-state index contributed by atoms with van der Waals surface area (Å²) >= 11 is 5.38. The van der Waals surface area contributed by atoms with E-state index in [1.165, 1.54) is 5.56 Å². The van der Waals surface area contributed by atoms with Gasteiger partial charge in [0.25, 0.3) is 5.91 Å². The second kappa shape index (κ2) is 11.3. The molecule has 0 spiro atoms. The first-order valence-electron chi connectivity index (χ1n) is 12.3. The van der Waals surface area contributed by atoms with E-state index in [4.69, 9.17) is 21.4 Å². The zero-order valence-electron chi connectivity index (χ0n) is 21.1. The molecule has 5 rings (SSSR count). The van der Waals surface area contributed by atoms with Gasteiger partial charge in [0.05, 0.1) is 0 Å². The number of rotatable bonds is 7. The van der Waals surface area contributed by atoms with Gasteiger partial charge in [-0.15, -0.1) is 0 Å². The molecule has 0 atom stereocenters. The highest BCUT2D eigenvalue weighted by Crippen LogP contribution is 2.28. The largest absolute Gasteiger partial charge is 0.489 e. The molecule has 1 aromatic heterocycles. The Bertz CT molecular complexity index is 1580. The van der Waals surface area contributed by atoms with E-state index in [-0.39, 0.29) is 11.0 Å². The Hall–Kier alpha value is -4.49. The maximum absolute atomic E-state index is 12.7. The number of carbonyl (C=O) groups excluding carboxylic acids is 1. The van der Waals surface area contributed by atoms with Gasteiger partial charge in [0.1, 0.15) is 17.9 Å². The predicted octanol–water partition coefficient (Wildman–Crippen LogP) is 7.32. The molecule has 190 valence electrons. The van der Waals surface area contributed by atoms with E-state index < -0.39 is 0 Å². The minimum atomic E-state index is -0.312. The van der Waals surface area contributed by atoms with Crippen LogP contribution in [0.5, 0.6) is 5.75 Å². The predicted molar refractivity (Wildman–Crippen MR) is 154 cm³/mol. The molecule has 0 aliphatic heterocycles. The number of thiocarbonyl (C=S) groups is 1. The van der Waals surface area contributed by atoms with Crippen LogP contribution in [-0.2, 0) is 6.61 Å². The summed E-state index contributed by atoms with van der Waals surface area (Å²) < 4.78 is 11.8. The van der Waals surface area contributed by atoms with E-state index in [2.05, 4.69) is 41.6 Å². The average molecular weight is 522 g/mol. The fourth-order valence-corrected chi connectivity index (χ4v) is 4.15. The normalized spacial score (nSPS) is 10.9. The van der Waals surface area contributed by atoms with E-state index in [1.807, 2.05) is 60.7 Å². The number of hydrogen-bond donors (Lipinski definition) is 2. The number of ether oxygens (including phenoxy) is 1. The van der Waals surface area contributed by atoms with Crippen molar-refractivity contribution in [2.75, 3.05) is 5.32 Å². The van der Waals surface area contributed by atoms with Crippen LogP contribution in [-0.4, -0.2) is 16.0 Å². The van der Waals surface area contributed by atoms with Gasteiger partial charge in [-0.25, -0.2) is 4.98 Å². The van der Waals surface area contributed by atoms with Gasteiger partial charge >= 0.3 is 0 Å². The Morgan fingerprint density at radius 2 is 1.74 bits per heavy atom. The number of nitrogens with one attached hydrogen (secondary N) is 2. The van der Waals surface area contributed by atoms with Crippen LogP contribution in [0.25, 0.3) is 22.6 Å². The summed E-state index contributed by atoms with van der Waals surface area (Å²) in [5.74, 6) is 1.30. The summed E-state index contributed by atoms with van der Waals surface area (Å²) in [6.07, 6.45) is 0. The van der Waals surface area contributed by atoms with E-state index in [1.54, 1.807) is 24.3 Å². The van der Waals surface area contributed by atoms with Gasteiger partial charge in [0, 0.05) is 16.8 Å². The molecule has 0 saturated carbocycles. The number of carbonyl (C=O) groups is 1. The summed E-state index contributed by atoms with van der Waals surface area (Å²) in [5, 5.41) is 5.98. The SMILES string of the molecule is CC(C)c1ccc2oc(-c3cccc(NC(=S)NC(=O)c4ccc(OCc5ccccc5)cc4)c3)nc2c1. The minimum Gasteiger partial charge on any atom is -0.489 e. The number of benzene rings is 4. The first kappa shape index (κ1) is 25.2. The topological polar surface area (TPSA) is 76.4 Å². The second-order valence-electron chi connectivity index (χ2n) is 9.19. The van der Waals surface area contributed by atoms with Crippen LogP contribution in [0, 0.1) is 0 Å². The number of anilines is 1. The zero-order chi connectivity index (χ0) is 26.5. The van der Waals surface area contributed by atoms with Crippen molar-refractivity contribution in [1.82, 2.24) is 10.3 Å². The average Bonchev–Trinajstić information content (AvgIpc) is 3.36. The molecule has 1 amide bonds. The lowest BCUT2D eigenvalue weighted by atomic mass is 10.0. The van der Waals surface area contributed by atoms with Gasteiger partial charge < -0.3 is 14.5 Å². The van der Waals surface area contributed by atoms with Crippen molar-refractivity contribution in [3.8, 4) is 17.2 Å². The van der Waals surface area contributed by atoms with Crippen molar-refractivity contribution < 1.29 is 13.9 Å². The molecule has 0 bridgehead atoms. The monoisotopic (exact) mass is 521 g/mol. The van der Waals surface area contributed by atoms with Crippen molar-refractivity contribution in [2.24, 2.45) is 0 Å². The third kappa shape index (κ3) is 6.07. The smallest absolute Gasteiger partial charge is 0.257 e. The fraction of sp³-hybridized carbons (Fsp3) is 0.129. The number of oxazole rings is 1. The molecule has 2 N–H and O–H groups in total. The minimum absolute atomic E-state index is 0.190. The quantitative estimate of drug-likeness (QED) is 0.219. The number of nitrogens with zero attached hydrogens (tertiary/aromatic N) is 1. The highest BCUT2D eigenvalue weighted by Gasteiger charge is 2.12. The number of hydrogen-bond acceptors (Lipinski definition) is 5. The Morgan fingerprint density at radius 1 is 0.947 bits per heavy atom. The van der Waals surface area contributed by atoms with Crippen LogP contribution >= 0.6 is 12.2 Å². The lowest BCUT2D eigenvalue weighted by molar-refractivity contribution is 0.0977. The first-order valence-corrected chi connectivity index (χ1v) is 12.8. The summed E-state index contributed by atoms with van der Waals surface area (Å²) in [7, 11) is 0. The zero-order valence-corrected chi connectivity index (χ0v) is 21.9. The van der Waals surface area contributed by atoms with E-state index in [9.17, 15) is 4.79 Å². The maximum atomic E-state index is 12.7. The Balaban J connectivity index is 1.20. The molecule has 0 saturated heterocycles. The highest BCUT2D eigenvalue weighted by molar-refractivity contribution is 7.80. The number of amides is 1. The van der Waals surface area contributed by atoms with Gasteiger partial charge in [-0.1, -0.05) is 56.3 Å². The fourth-order valence-electron chi connectivity index (χ4n) is 3.94. The summed E-state index contributed by atoms with van der Waals surface area (Å²) in [6.45, 7) is 4.76. The van der Waals surface area contributed by atoms with Crippen LogP contribution in [0.2, 0.25) is 0 Å². The molecule has 6 nitrogen and oxygen atoms in total. The van der Waals surface area contributed by atoms with Crippen LogP contribution in [0.1, 0.15) is 41.3 Å². The Labute approximate surface area is 226 Å². The Kier molecular flexibility index (Phi) is 7.47. The molecular weight excluding hydrogens is 494 g/mol. The molecule has 0 fully saturated rings. The van der Waals surface area contributed by atoms with Crippen molar-refractivity contribution in [1.29, 1.82) is 0 Å². The molecule has 5 aromatic rings. The number of fused-ring (bicyclic) bond motifs is 1. The van der Waals surface area contributed by atoms with Crippen molar-refractivity contribution in [3.63, 3.8) is 0 Å². The van der Waals surface area contributed by atoms with Gasteiger partial charge in [-0.05, 0) is 83.9 Å². The maximum Gasteiger partial charge on any atom is 0.257 e. The van der Waals surface area contributed by atoms with Crippen molar-refractivity contribution >= 4 is 40.0 Å².